The van der Waals surface area contributed by atoms with Crippen molar-refractivity contribution in [3.05, 3.63) is 170 Å². The maximum atomic E-state index is 5.15. The van der Waals surface area contributed by atoms with Crippen molar-refractivity contribution < 1.29 is 0 Å². The summed E-state index contributed by atoms with van der Waals surface area (Å²) in [5.41, 5.74) is 11.0. The van der Waals surface area contributed by atoms with Gasteiger partial charge in [0.15, 0.2) is 23.3 Å². The predicted molar refractivity (Wildman–Crippen MR) is 219 cm³/mol. The Bertz CT molecular complexity index is 2590. The third kappa shape index (κ3) is 6.72. The van der Waals surface area contributed by atoms with Crippen LogP contribution in [0.4, 0.5) is 0 Å². The standard InChI is InChI=1S/C49H38N6/c1-3-9-35(10-4-1)44-30-45(36-22-18-33(19-23-36)42-15-8-26-50-31-42)52-48(51-44)40-13-7-14-41(29-40)49-54-46(37-11-5-2-6-12-37)53-47(55-49)38-24-20-34(21-25-38)43-28-32-16-17-39(43)27-32/h1-15,18-26,29-32,39,43H,16-17,27-28H2. The van der Waals surface area contributed by atoms with Gasteiger partial charge >= 0.3 is 0 Å². The molecule has 0 amide bonds. The van der Waals surface area contributed by atoms with E-state index in [0.29, 0.717) is 29.2 Å². The minimum Gasteiger partial charge on any atom is -0.264 e. The number of aromatic nitrogens is 6. The van der Waals surface area contributed by atoms with Crippen LogP contribution in [0.3, 0.4) is 0 Å². The van der Waals surface area contributed by atoms with Crippen molar-refractivity contribution in [3.8, 4) is 79.2 Å². The van der Waals surface area contributed by atoms with Gasteiger partial charge in [0.2, 0.25) is 0 Å². The molecule has 3 unspecified atom stereocenters. The van der Waals surface area contributed by atoms with Crippen LogP contribution in [-0.2, 0) is 0 Å². The third-order valence-corrected chi connectivity index (χ3v) is 11.4. The molecule has 3 aromatic heterocycles. The summed E-state index contributed by atoms with van der Waals surface area (Å²) in [5.74, 6) is 4.96. The van der Waals surface area contributed by atoms with Crippen LogP contribution >= 0.6 is 0 Å². The highest BCUT2D eigenvalue weighted by Crippen LogP contribution is 2.53. The molecule has 6 heteroatoms. The summed E-state index contributed by atoms with van der Waals surface area (Å²) in [6.45, 7) is 0. The van der Waals surface area contributed by atoms with E-state index in [9.17, 15) is 0 Å². The molecule has 264 valence electrons. The van der Waals surface area contributed by atoms with Gasteiger partial charge in [0.25, 0.3) is 0 Å². The molecule has 8 aromatic rings. The van der Waals surface area contributed by atoms with Crippen molar-refractivity contribution in [2.75, 3.05) is 0 Å². The van der Waals surface area contributed by atoms with Crippen molar-refractivity contribution >= 4 is 0 Å². The molecule has 0 N–H and O–H groups in total. The van der Waals surface area contributed by atoms with Crippen LogP contribution in [-0.4, -0.2) is 29.9 Å². The SMILES string of the molecule is c1ccc(-c2cc(-c3ccc(-c4cccnc4)cc3)nc(-c3cccc(-c4nc(-c5ccccc5)nc(-c5ccc(C6CC7CCC6C7)cc5)n4)c3)n2)cc1. The minimum atomic E-state index is 0.605. The molecule has 3 heterocycles. The van der Waals surface area contributed by atoms with Crippen LogP contribution in [0.5, 0.6) is 0 Å². The normalized spacial score (nSPS) is 17.3. The molecule has 2 aliphatic carbocycles. The van der Waals surface area contributed by atoms with E-state index in [1.807, 2.05) is 66.9 Å². The van der Waals surface area contributed by atoms with Crippen LogP contribution in [0.1, 0.15) is 37.2 Å². The summed E-state index contributed by atoms with van der Waals surface area (Å²) < 4.78 is 0. The minimum absolute atomic E-state index is 0.605. The van der Waals surface area contributed by atoms with E-state index in [-0.39, 0.29) is 0 Å². The van der Waals surface area contributed by atoms with Gasteiger partial charge in [0.1, 0.15) is 0 Å². The number of pyridine rings is 1. The van der Waals surface area contributed by atoms with Gasteiger partial charge in [-0.2, -0.15) is 0 Å². The Morgan fingerprint density at radius 3 is 1.51 bits per heavy atom. The fraction of sp³-hybridized carbons (Fsp3) is 0.143. The number of hydrogen-bond donors (Lipinski definition) is 0. The van der Waals surface area contributed by atoms with E-state index in [2.05, 4.69) is 96.0 Å². The zero-order valence-electron chi connectivity index (χ0n) is 30.3. The molecule has 2 bridgehead atoms. The van der Waals surface area contributed by atoms with Crippen molar-refractivity contribution in [2.45, 2.75) is 31.6 Å². The smallest absolute Gasteiger partial charge is 0.164 e. The largest absolute Gasteiger partial charge is 0.264 e. The second-order valence-corrected chi connectivity index (χ2v) is 14.8. The maximum absolute atomic E-state index is 5.15. The molecule has 2 aliphatic rings. The number of hydrogen-bond acceptors (Lipinski definition) is 6. The first-order valence-corrected chi connectivity index (χ1v) is 19.2. The Morgan fingerprint density at radius 2 is 0.909 bits per heavy atom. The number of nitrogens with zero attached hydrogens (tertiary/aromatic N) is 6. The Kier molecular flexibility index (Phi) is 8.56. The van der Waals surface area contributed by atoms with E-state index in [0.717, 1.165) is 67.7 Å². The Morgan fingerprint density at radius 1 is 0.382 bits per heavy atom. The lowest BCUT2D eigenvalue weighted by molar-refractivity contribution is 0.420. The summed E-state index contributed by atoms with van der Waals surface area (Å²) in [6, 6.07) is 52.2. The average Bonchev–Trinajstić information content (AvgIpc) is 3.92. The average molecular weight is 711 g/mol. The third-order valence-electron chi connectivity index (χ3n) is 11.4. The number of fused-ring (bicyclic) bond motifs is 2. The van der Waals surface area contributed by atoms with Gasteiger partial charge in [0, 0.05) is 45.8 Å². The predicted octanol–water partition coefficient (Wildman–Crippen LogP) is 11.6. The molecule has 5 aromatic carbocycles. The van der Waals surface area contributed by atoms with E-state index < -0.39 is 0 Å². The quantitative estimate of drug-likeness (QED) is 0.156. The highest BCUT2D eigenvalue weighted by atomic mass is 15.0. The second-order valence-electron chi connectivity index (χ2n) is 14.8. The summed E-state index contributed by atoms with van der Waals surface area (Å²) in [5, 5.41) is 0. The van der Waals surface area contributed by atoms with E-state index >= 15 is 0 Å². The van der Waals surface area contributed by atoms with Gasteiger partial charge in [-0.15, -0.1) is 0 Å². The molecule has 0 spiro atoms. The first-order valence-electron chi connectivity index (χ1n) is 19.2. The Hall–Kier alpha value is -6.66. The molecule has 10 rings (SSSR count). The molecule has 2 saturated carbocycles. The fourth-order valence-corrected chi connectivity index (χ4v) is 8.53. The molecular formula is C49H38N6. The van der Waals surface area contributed by atoms with Gasteiger partial charge in [-0.3, -0.25) is 4.98 Å². The highest BCUT2D eigenvalue weighted by Gasteiger charge is 2.40. The van der Waals surface area contributed by atoms with Gasteiger partial charge in [0.05, 0.1) is 11.4 Å². The molecule has 6 nitrogen and oxygen atoms in total. The van der Waals surface area contributed by atoms with Crippen molar-refractivity contribution in [1.29, 1.82) is 0 Å². The lowest BCUT2D eigenvalue weighted by atomic mass is 9.83. The summed E-state index contributed by atoms with van der Waals surface area (Å²) >= 11 is 0. The van der Waals surface area contributed by atoms with Crippen molar-refractivity contribution in [3.63, 3.8) is 0 Å². The van der Waals surface area contributed by atoms with Crippen LogP contribution in [0, 0.1) is 11.8 Å². The van der Waals surface area contributed by atoms with E-state index in [1.54, 1.807) is 6.20 Å². The second kappa shape index (κ2) is 14.3. The molecule has 0 radical (unpaired) electrons. The summed E-state index contributed by atoms with van der Waals surface area (Å²) in [4.78, 5) is 29.7. The molecule has 3 atom stereocenters. The van der Waals surface area contributed by atoms with Gasteiger partial charge in [-0.1, -0.05) is 140 Å². The zero-order valence-corrected chi connectivity index (χ0v) is 30.3. The lowest BCUT2D eigenvalue weighted by Crippen LogP contribution is -2.08. The first-order chi connectivity index (χ1) is 27.2. The lowest BCUT2D eigenvalue weighted by Gasteiger charge is -2.22. The van der Waals surface area contributed by atoms with Crippen molar-refractivity contribution in [2.24, 2.45) is 11.8 Å². The molecular weight excluding hydrogens is 673 g/mol. The molecule has 0 aliphatic heterocycles. The Labute approximate surface area is 321 Å². The van der Waals surface area contributed by atoms with Gasteiger partial charge in [-0.05, 0) is 71.9 Å². The molecule has 2 fully saturated rings. The summed E-state index contributed by atoms with van der Waals surface area (Å²) in [6.07, 6.45) is 9.17. The monoisotopic (exact) mass is 710 g/mol. The van der Waals surface area contributed by atoms with E-state index in [4.69, 9.17) is 24.9 Å². The highest BCUT2D eigenvalue weighted by molar-refractivity contribution is 5.76. The topological polar surface area (TPSA) is 77.3 Å². The molecule has 55 heavy (non-hydrogen) atoms. The zero-order chi connectivity index (χ0) is 36.6. The van der Waals surface area contributed by atoms with Crippen molar-refractivity contribution in [1.82, 2.24) is 29.9 Å². The maximum Gasteiger partial charge on any atom is 0.164 e. The van der Waals surface area contributed by atoms with Gasteiger partial charge in [-0.25, -0.2) is 24.9 Å². The van der Waals surface area contributed by atoms with E-state index in [1.165, 1.54) is 31.2 Å². The first kappa shape index (κ1) is 32.9. The number of rotatable bonds is 8. The Balaban J connectivity index is 1.04. The number of benzene rings is 5. The fourth-order valence-electron chi connectivity index (χ4n) is 8.53. The van der Waals surface area contributed by atoms with Crippen LogP contribution in [0.15, 0.2) is 164 Å². The van der Waals surface area contributed by atoms with Crippen LogP contribution in [0.25, 0.3) is 79.2 Å². The summed E-state index contributed by atoms with van der Waals surface area (Å²) in [7, 11) is 0. The van der Waals surface area contributed by atoms with Gasteiger partial charge < -0.3 is 0 Å². The van der Waals surface area contributed by atoms with Crippen LogP contribution in [0.2, 0.25) is 0 Å². The molecule has 0 saturated heterocycles. The van der Waals surface area contributed by atoms with Crippen LogP contribution < -0.4 is 0 Å².